The highest BCUT2D eigenvalue weighted by Gasteiger charge is 2.24. The van der Waals surface area contributed by atoms with Gasteiger partial charge in [-0.1, -0.05) is 18.2 Å². The Kier molecular flexibility index (Phi) is 4.52. The molecule has 0 unspecified atom stereocenters. The Balaban J connectivity index is 1.31. The zero-order valence-electron chi connectivity index (χ0n) is 19.1. The summed E-state index contributed by atoms with van der Waals surface area (Å²) in [6, 6.07) is 19.4. The Morgan fingerprint density at radius 2 is 1.91 bits per heavy atom. The molecule has 1 fully saturated rings. The fraction of sp³-hybridized carbons (Fsp3) is 0.148. The van der Waals surface area contributed by atoms with Gasteiger partial charge < -0.3 is 15.6 Å². The molecule has 1 aliphatic heterocycles. The molecule has 0 spiro atoms. The summed E-state index contributed by atoms with van der Waals surface area (Å²) in [6.45, 7) is 3.77. The van der Waals surface area contributed by atoms with Crippen LogP contribution in [0.4, 0.5) is 5.82 Å². The minimum Gasteiger partial charge on any atom is -0.353 e. The van der Waals surface area contributed by atoms with E-state index in [1.165, 1.54) is 20.7 Å². The summed E-state index contributed by atoms with van der Waals surface area (Å²) in [5, 5.41) is 10.1. The number of aryl methyl sites for hydroxylation is 1. The second kappa shape index (κ2) is 7.76. The van der Waals surface area contributed by atoms with Crippen LogP contribution < -0.4 is 10.6 Å². The van der Waals surface area contributed by atoms with Crippen LogP contribution in [-0.2, 0) is 0 Å². The van der Waals surface area contributed by atoms with E-state index in [9.17, 15) is 0 Å². The summed E-state index contributed by atoms with van der Waals surface area (Å²) in [5.41, 5.74) is 13.0. The third-order valence-corrected chi connectivity index (χ3v) is 7.67. The Labute approximate surface area is 205 Å². The van der Waals surface area contributed by atoms with Crippen molar-refractivity contribution >= 4 is 39.0 Å². The summed E-state index contributed by atoms with van der Waals surface area (Å²) in [6.07, 6.45) is 3.61. The molecule has 7 rings (SSSR count). The third kappa shape index (κ3) is 3.41. The number of nitrogens with one attached hydrogen (secondary N) is 2. The first kappa shape index (κ1) is 20.4. The molecule has 5 heterocycles. The van der Waals surface area contributed by atoms with Crippen molar-refractivity contribution in [2.75, 3.05) is 18.0 Å². The number of H-pyrrole nitrogens is 2. The maximum atomic E-state index is 5.95. The minimum absolute atomic E-state index is 0.214. The largest absolute Gasteiger partial charge is 0.353 e. The van der Waals surface area contributed by atoms with Gasteiger partial charge in [-0.15, -0.1) is 11.3 Å². The Hall–Kier alpha value is -4.01. The second-order valence-electron chi connectivity index (χ2n) is 9.12. The summed E-state index contributed by atoms with van der Waals surface area (Å²) < 4.78 is 0. The minimum atomic E-state index is 0.214. The van der Waals surface area contributed by atoms with Gasteiger partial charge in [-0.05, 0) is 43.3 Å². The van der Waals surface area contributed by atoms with Crippen LogP contribution in [-0.4, -0.2) is 44.3 Å². The zero-order chi connectivity index (χ0) is 23.5. The number of benzene rings is 2. The second-order valence-corrected chi connectivity index (χ2v) is 10.4. The molecular formula is C27H23N7S. The van der Waals surface area contributed by atoms with Gasteiger partial charge in [-0.25, -0.2) is 4.98 Å². The molecule has 0 aliphatic carbocycles. The molecule has 1 saturated heterocycles. The molecule has 6 aromatic rings. The fourth-order valence-corrected chi connectivity index (χ4v) is 5.71. The summed E-state index contributed by atoms with van der Waals surface area (Å²) in [7, 11) is 0. The van der Waals surface area contributed by atoms with Crippen LogP contribution in [0.2, 0.25) is 0 Å². The monoisotopic (exact) mass is 477 g/mol. The van der Waals surface area contributed by atoms with E-state index < -0.39 is 0 Å². The predicted molar refractivity (Wildman–Crippen MR) is 143 cm³/mol. The van der Waals surface area contributed by atoms with E-state index >= 15 is 0 Å². The molecule has 0 bridgehead atoms. The molecule has 0 atom stereocenters. The van der Waals surface area contributed by atoms with Crippen LogP contribution >= 0.6 is 11.3 Å². The number of nitrogens with zero attached hydrogens (tertiary/aromatic N) is 4. The van der Waals surface area contributed by atoms with Crippen molar-refractivity contribution in [2.45, 2.75) is 13.0 Å². The average molecular weight is 478 g/mol. The Bertz CT molecular complexity index is 1700. The lowest BCUT2D eigenvalue weighted by atomic mass is 10.1. The Morgan fingerprint density at radius 3 is 2.74 bits per heavy atom. The van der Waals surface area contributed by atoms with Crippen molar-refractivity contribution in [3.8, 4) is 33.1 Å². The van der Waals surface area contributed by atoms with Gasteiger partial charge in [-0.3, -0.25) is 10.1 Å². The number of hydrogen-bond donors (Lipinski definition) is 3. The van der Waals surface area contributed by atoms with Crippen LogP contribution in [0.1, 0.15) is 4.88 Å². The molecule has 2 aromatic carbocycles. The van der Waals surface area contributed by atoms with E-state index in [2.05, 4.69) is 86.6 Å². The topological polar surface area (TPSA) is 99.5 Å². The number of nitrogens with two attached hydrogens (primary N) is 1. The van der Waals surface area contributed by atoms with Crippen molar-refractivity contribution in [3.63, 3.8) is 0 Å². The van der Waals surface area contributed by atoms with Crippen molar-refractivity contribution in [1.29, 1.82) is 0 Å². The smallest absolute Gasteiger partial charge is 0.147 e. The number of anilines is 1. The normalized spacial score (nSPS) is 14.2. The molecule has 0 radical (unpaired) electrons. The van der Waals surface area contributed by atoms with Gasteiger partial charge in [0.1, 0.15) is 11.5 Å². The van der Waals surface area contributed by atoms with Gasteiger partial charge in [0.05, 0.1) is 29.3 Å². The van der Waals surface area contributed by atoms with E-state index in [4.69, 9.17) is 10.7 Å². The fourth-order valence-electron chi connectivity index (χ4n) is 4.80. The molecule has 4 aromatic heterocycles. The van der Waals surface area contributed by atoms with E-state index in [1.807, 2.05) is 17.5 Å². The molecule has 8 heteroatoms. The summed E-state index contributed by atoms with van der Waals surface area (Å²) >= 11 is 1.81. The first-order valence-electron chi connectivity index (χ1n) is 11.6. The lowest BCUT2D eigenvalue weighted by molar-refractivity contribution is 0.514. The van der Waals surface area contributed by atoms with Crippen molar-refractivity contribution < 1.29 is 0 Å². The van der Waals surface area contributed by atoms with Crippen LogP contribution in [0.5, 0.6) is 0 Å². The van der Waals surface area contributed by atoms with Crippen LogP contribution in [0, 0.1) is 6.92 Å². The third-order valence-electron chi connectivity index (χ3n) is 6.64. The Morgan fingerprint density at radius 1 is 1.00 bits per heavy atom. The van der Waals surface area contributed by atoms with E-state index in [-0.39, 0.29) is 6.04 Å². The van der Waals surface area contributed by atoms with Crippen molar-refractivity contribution in [3.05, 3.63) is 71.9 Å². The molecule has 7 nitrogen and oxygen atoms in total. The molecular weight excluding hydrogens is 454 g/mol. The average Bonchev–Trinajstić information content (AvgIpc) is 3.59. The lowest BCUT2D eigenvalue weighted by Crippen LogP contribution is -2.56. The van der Waals surface area contributed by atoms with Crippen molar-refractivity contribution in [1.82, 2.24) is 25.1 Å². The standard InChI is InChI=1S/C27H23N7S/c1-15-5-8-25(35-15)18-3-2-4-21-19(18)10-23(30-21)27-20-9-16(6-7-22(20)32-33-27)24-11-29-12-26(31-24)34-13-17(28)14-34/h2-12,17,30H,13-14,28H2,1H3,(H,32,33). The van der Waals surface area contributed by atoms with Gasteiger partial charge in [-0.2, -0.15) is 5.10 Å². The summed E-state index contributed by atoms with van der Waals surface area (Å²) in [4.78, 5) is 17.6. The number of hydrogen-bond acceptors (Lipinski definition) is 6. The highest BCUT2D eigenvalue weighted by molar-refractivity contribution is 7.15. The van der Waals surface area contributed by atoms with Gasteiger partial charge in [0.25, 0.3) is 0 Å². The summed E-state index contributed by atoms with van der Waals surface area (Å²) in [5.74, 6) is 0.865. The number of thiophene rings is 1. The molecule has 4 N–H and O–H groups in total. The highest BCUT2D eigenvalue weighted by atomic mass is 32.1. The number of aromatic nitrogens is 5. The molecule has 0 amide bonds. The predicted octanol–water partition coefficient (Wildman–Crippen LogP) is 5.35. The van der Waals surface area contributed by atoms with Crippen LogP contribution in [0.3, 0.4) is 0 Å². The van der Waals surface area contributed by atoms with Gasteiger partial charge in [0, 0.05) is 56.3 Å². The molecule has 1 aliphatic rings. The van der Waals surface area contributed by atoms with Crippen LogP contribution in [0.15, 0.2) is 67.0 Å². The first-order valence-corrected chi connectivity index (χ1v) is 12.4. The zero-order valence-corrected chi connectivity index (χ0v) is 19.9. The molecule has 172 valence electrons. The lowest BCUT2D eigenvalue weighted by Gasteiger charge is -2.37. The van der Waals surface area contributed by atoms with Crippen LogP contribution in [0.25, 0.3) is 54.9 Å². The quantitative estimate of drug-likeness (QED) is 0.318. The van der Waals surface area contributed by atoms with E-state index in [1.54, 1.807) is 6.20 Å². The number of rotatable bonds is 4. The number of aromatic amines is 2. The van der Waals surface area contributed by atoms with Crippen molar-refractivity contribution in [2.24, 2.45) is 5.73 Å². The molecule has 35 heavy (non-hydrogen) atoms. The van der Waals surface area contributed by atoms with Gasteiger partial charge >= 0.3 is 0 Å². The van der Waals surface area contributed by atoms with Gasteiger partial charge in [0.2, 0.25) is 0 Å². The first-order chi connectivity index (χ1) is 17.1. The maximum Gasteiger partial charge on any atom is 0.147 e. The number of fused-ring (bicyclic) bond motifs is 2. The van der Waals surface area contributed by atoms with E-state index in [0.717, 1.165) is 58.0 Å². The SMILES string of the molecule is Cc1ccc(-c2cccc3[nH]c(-c4n[nH]c5ccc(-c6cncc(N7CC(N)C7)n6)cc45)cc23)s1. The van der Waals surface area contributed by atoms with E-state index in [0.29, 0.717) is 0 Å². The molecule has 0 saturated carbocycles. The highest BCUT2D eigenvalue weighted by Crippen LogP contribution is 2.37. The maximum absolute atomic E-state index is 5.95. The van der Waals surface area contributed by atoms with Gasteiger partial charge in [0.15, 0.2) is 0 Å².